The number of nitrogens with zero attached hydrogens (tertiary/aromatic N) is 4. The van der Waals surface area contributed by atoms with E-state index < -0.39 is 22.3 Å². The molecule has 0 saturated heterocycles. The molecule has 0 aliphatic rings. The zero-order valence-corrected chi connectivity index (χ0v) is 15.6. The number of hydrogen-bond donors (Lipinski definition) is 2. The number of carbonyl (C=O) groups is 1. The average molecular weight is 395 g/mol. The summed E-state index contributed by atoms with van der Waals surface area (Å²) in [6, 6.07) is 10.1. The number of nitrogens with one attached hydrogen (secondary N) is 1. The molecule has 1 aromatic heterocycles. The van der Waals surface area contributed by atoms with Gasteiger partial charge in [-0.05, 0) is 32.0 Å². The molecule has 10 nitrogen and oxygen atoms in total. The Hall–Kier alpha value is -4.08. The van der Waals surface area contributed by atoms with Gasteiger partial charge in [-0.25, -0.2) is 10.1 Å². The topological polar surface area (TPSA) is 140 Å². The number of hydrogen-bond acceptors (Lipinski definition) is 7. The van der Waals surface area contributed by atoms with Crippen molar-refractivity contribution in [3.05, 3.63) is 74.2 Å². The van der Waals surface area contributed by atoms with Crippen molar-refractivity contribution >= 4 is 28.6 Å². The van der Waals surface area contributed by atoms with Crippen LogP contribution in [0.5, 0.6) is 5.75 Å². The monoisotopic (exact) mass is 395 g/mol. The summed E-state index contributed by atoms with van der Waals surface area (Å²) in [6.07, 6.45) is 1.20. The van der Waals surface area contributed by atoms with Crippen LogP contribution in [0.25, 0.3) is 10.8 Å². The smallest absolute Gasteiger partial charge is 0.311 e. The molecule has 2 N–H and O–H groups in total. The number of phenolic OH excluding ortho intramolecular Hbond substituents is 1. The van der Waals surface area contributed by atoms with Crippen LogP contribution in [0.15, 0.2) is 52.4 Å². The fraction of sp³-hybridized carbons (Fsp3) is 0.158. The van der Waals surface area contributed by atoms with Gasteiger partial charge >= 0.3 is 5.69 Å². The first-order valence-corrected chi connectivity index (χ1v) is 8.62. The summed E-state index contributed by atoms with van der Waals surface area (Å²) in [6.45, 7) is 3.56. The Morgan fingerprint density at radius 3 is 2.62 bits per heavy atom. The fourth-order valence-electron chi connectivity index (χ4n) is 2.71. The van der Waals surface area contributed by atoms with Gasteiger partial charge in [0.15, 0.2) is 11.4 Å². The standard InChI is InChI=1S/C19H17N5O5/c1-11(2)23-19(27)14-6-4-3-5-13(14)17(22-23)18(26)21-20-10-12-7-8-16(25)15(9-12)24(28)29/h3-11,25H,1-2H3,(H,21,26)/b20-10+. The maximum Gasteiger partial charge on any atom is 0.311 e. The van der Waals surface area contributed by atoms with Crippen molar-refractivity contribution in [2.45, 2.75) is 19.9 Å². The Balaban J connectivity index is 1.92. The Kier molecular flexibility index (Phi) is 5.35. The average Bonchev–Trinajstić information content (AvgIpc) is 2.69. The second-order valence-corrected chi connectivity index (χ2v) is 6.44. The number of aromatic hydroxyl groups is 1. The maximum absolute atomic E-state index is 12.6. The Bertz CT molecular complexity index is 1200. The van der Waals surface area contributed by atoms with Crippen LogP contribution in [0.2, 0.25) is 0 Å². The van der Waals surface area contributed by atoms with Gasteiger partial charge in [0.05, 0.1) is 22.6 Å². The van der Waals surface area contributed by atoms with Crippen molar-refractivity contribution in [1.82, 2.24) is 15.2 Å². The molecular formula is C19H17N5O5. The SMILES string of the molecule is CC(C)n1nc(C(=O)N/N=C/c2ccc(O)c([N+](=O)[O-])c2)c2ccccc2c1=O. The van der Waals surface area contributed by atoms with E-state index in [-0.39, 0.29) is 17.3 Å². The number of phenols is 1. The Morgan fingerprint density at radius 2 is 1.97 bits per heavy atom. The van der Waals surface area contributed by atoms with Crippen LogP contribution in [0.4, 0.5) is 5.69 Å². The van der Waals surface area contributed by atoms with E-state index in [9.17, 15) is 24.8 Å². The predicted molar refractivity (Wildman–Crippen MR) is 106 cm³/mol. The minimum atomic E-state index is -0.726. The molecule has 0 radical (unpaired) electrons. The van der Waals surface area contributed by atoms with Crippen molar-refractivity contribution in [2.75, 3.05) is 0 Å². The highest BCUT2D eigenvalue weighted by molar-refractivity contribution is 6.05. The van der Waals surface area contributed by atoms with Gasteiger partial charge < -0.3 is 5.11 Å². The van der Waals surface area contributed by atoms with Crippen LogP contribution >= 0.6 is 0 Å². The van der Waals surface area contributed by atoms with Crippen molar-refractivity contribution in [2.24, 2.45) is 5.10 Å². The van der Waals surface area contributed by atoms with Crippen LogP contribution in [0.1, 0.15) is 35.9 Å². The van der Waals surface area contributed by atoms with Gasteiger partial charge in [-0.2, -0.15) is 10.2 Å². The number of aromatic nitrogens is 2. The largest absolute Gasteiger partial charge is 0.502 e. The number of nitro benzene ring substituents is 1. The summed E-state index contributed by atoms with van der Waals surface area (Å²) in [5.41, 5.74) is 1.87. The van der Waals surface area contributed by atoms with Crippen LogP contribution < -0.4 is 11.0 Å². The number of carbonyl (C=O) groups excluding carboxylic acids is 1. The van der Waals surface area contributed by atoms with E-state index in [1.807, 2.05) is 0 Å². The van der Waals surface area contributed by atoms with Crippen LogP contribution in [-0.4, -0.2) is 31.9 Å². The molecule has 0 aliphatic carbocycles. The van der Waals surface area contributed by atoms with Crippen LogP contribution in [-0.2, 0) is 0 Å². The van der Waals surface area contributed by atoms with Gasteiger partial charge in [-0.15, -0.1) is 0 Å². The van der Waals surface area contributed by atoms with E-state index in [1.165, 1.54) is 17.0 Å². The lowest BCUT2D eigenvalue weighted by Gasteiger charge is -2.12. The Morgan fingerprint density at radius 1 is 1.28 bits per heavy atom. The maximum atomic E-state index is 12.6. The lowest BCUT2D eigenvalue weighted by molar-refractivity contribution is -0.385. The number of hydrazone groups is 1. The molecule has 1 amide bonds. The molecule has 0 fully saturated rings. The molecule has 0 bridgehead atoms. The molecule has 1 heterocycles. The Labute approximate surface area is 164 Å². The van der Waals surface area contributed by atoms with Gasteiger partial charge in [-0.3, -0.25) is 19.7 Å². The van der Waals surface area contributed by atoms with Gasteiger partial charge in [0.25, 0.3) is 11.5 Å². The van der Waals surface area contributed by atoms with Crippen LogP contribution in [0.3, 0.4) is 0 Å². The van der Waals surface area contributed by atoms with Crippen molar-refractivity contribution in [1.29, 1.82) is 0 Å². The van der Waals surface area contributed by atoms with Gasteiger partial charge in [-0.1, -0.05) is 18.2 Å². The molecule has 0 spiro atoms. The van der Waals surface area contributed by atoms with E-state index in [1.54, 1.807) is 38.1 Å². The molecule has 3 rings (SSSR count). The molecule has 3 aromatic rings. The molecule has 2 aromatic carbocycles. The van der Waals surface area contributed by atoms with E-state index >= 15 is 0 Å². The first-order chi connectivity index (χ1) is 13.8. The van der Waals surface area contributed by atoms with E-state index in [2.05, 4.69) is 15.6 Å². The number of benzene rings is 2. The third-order valence-corrected chi connectivity index (χ3v) is 4.11. The number of nitro groups is 1. The molecule has 0 unspecified atom stereocenters. The van der Waals surface area contributed by atoms with Crippen molar-refractivity contribution in [3.63, 3.8) is 0 Å². The fourth-order valence-corrected chi connectivity index (χ4v) is 2.71. The normalized spacial score (nSPS) is 11.3. The summed E-state index contributed by atoms with van der Waals surface area (Å²) in [5, 5.41) is 29.1. The summed E-state index contributed by atoms with van der Waals surface area (Å²) in [5.74, 6) is -1.11. The van der Waals surface area contributed by atoms with E-state index in [4.69, 9.17) is 0 Å². The van der Waals surface area contributed by atoms with E-state index in [0.29, 0.717) is 16.3 Å². The second kappa shape index (κ2) is 7.89. The summed E-state index contributed by atoms with van der Waals surface area (Å²) < 4.78 is 1.23. The number of fused-ring (bicyclic) bond motifs is 1. The van der Waals surface area contributed by atoms with Crippen LogP contribution in [0, 0.1) is 10.1 Å². The van der Waals surface area contributed by atoms with Gasteiger partial charge in [0.1, 0.15) is 0 Å². The molecular weight excluding hydrogens is 378 g/mol. The zero-order chi connectivity index (χ0) is 21.1. The summed E-state index contributed by atoms with van der Waals surface area (Å²) >= 11 is 0. The van der Waals surface area contributed by atoms with E-state index in [0.717, 1.165) is 12.1 Å². The summed E-state index contributed by atoms with van der Waals surface area (Å²) in [7, 11) is 0. The summed E-state index contributed by atoms with van der Waals surface area (Å²) in [4.78, 5) is 35.3. The lowest BCUT2D eigenvalue weighted by atomic mass is 10.1. The van der Waals surface area contributed by atoms with Gasteiger partial charge in [0.2, 0.25) is 0 Å². The zero-order valence-electron chi connectivity index (χ0n) is 15.6. The highest BCUT2D eigenvalue weighted by atomic mass is 16.6. The minimum Gasteiger partial charge on any atom is -0.502 e. The first-order valence-electron chi connectivity index (χ1n) is 8.62. The molecule has 10 heteroatoms. The molecule has 0 saturated carbocycles. The first kappa shape index (κ1) is 19.7. The third-order valence-electron chi connectivity index (χ3n) is 4.11. The number of amides is 1. The third kappa shape index (κ3) is 3.95. The lowest BCUT2D eigenvalue weighted by Crippen LogP contribution is -2.30. The van der Waals surface area contributed by atoms with Gasteiger partial charge in [0, 0.05) is 17.0 Å². The highest BCUT2D eigenvalue weighted by Crippen LogP contribution is 2.25. The molecule has 0 atom stereocenters. The molecule has 0 aliphatic heterocycles. The van der Waals surface area contributed by atoms with Crippen molar-refractivity contribution < 1.29 is 14.8 Å². The van der Waals surface area contributed by atoms with Crippen molar-refractivity contribution in [3.8, 4) is 5.75 Å². The number of rotatable bonds is 5. The highest BCUT2D eigenvalue weighted by Gasteiger charge is 2.17. The predicted octanol–water partition coefficient (Wildman–Crippen LogP) is 2.36. The quantitative estimate of drug-likeness (QED) is 0.386. The molecule has 29 heavy (non-hydrogen) atoms. The molecule has 148 valence electrons. The second-order valence-electron chi connectivity index (χ2n) is 6.44. The minimum absolute atomic E-state index is 0.0303.